The number of anilines is 5. The van der Waals surface area contributed by atoms with Crippen molar-refractivity contribution in [3.63, 3.8) is 0 Å². The van der Waals surface area contributed by atoms with E-state index in [9.17, 15) is 36.4 Å². The number of nitrogens with one attached hydrogen (secondary N) is 8. The van der Waals surface area contributed by atoms with Crippen LogP contribution in [0.25, 0.3) is 21.4 Å². The Hall–Kier alpha value is -6.77. The molecule has 2 amide bonds. The predicted molar refractivity (Wildman–Crippen MR) is 370 cm³/mol. The number of amides is 2. The molecule has 6 aromatic heterocycles. The number of unbranched alkanes of at least 4 members (excludes halogenated alkanes) is 1. The van der Waals surface area contributed by atoms with Crippen molar-refractivity contribution in [3.05, 3.63) is 170 Å². The minimum absolute atomic E-state index is 0. The maximum atomic E-state index is 11.2. The van der Waals surface area contributed by atoms with Gasteiger partial charge < -0.3 is 36.9 Å². The number of pyridine rings is 1. The van der Waals surface area contributed by atoms with E-state index >= 15 is 0 Å². The van der Waals surface area contributed by atoms with Gasteiger partial charge >= 0.3 is 71.1 Å². The fourth-order valence-corrected chi connectivity index (χ4v) is 12.6. The van der Waals surface area contributed by atoms with Crippen LogP contribution >= 0.6 is 45.3 Å². The Morgan fingerprint density at radius 3 is 1.95 bits per heavy atom. The average molecular weight is 1490 g/mol. The van der Waals surface area contributed by atoms with E-state index in [0.29, 0.717) is 45.0 Å². The van der Waals surface area contributed by atoms with Crippen LogP contribution in [0.3, 0.4) is 0 Å². The van der Waals surface area contributed by atoms with Crippen molar-refractivity contribution in [3.8, 4) is 5.69 Å². The average Bonchev–Trinajstić information content (AvgIpc) is 1.70. The maximum Gasteiger partial charge on any atom is 1.00 e. The zero-order valence-corrected chi connectivity index (χ0v) is 63.8. The number of benzene rings is 4. The van der Waals surface area contributed by atoms with Crippen molar-refractivity contribution in [2.24, 2.45) is 0 Å². The number of carboxylic acids is 1. The molecular weight excluding hydrogens is 1420 g/mol. The summed E-state index contributed by atoms with van der Waals surface area (Å²) in [5, 5.41) is 53.5. The van der Waals surface area contributed by atoms with E-state index in [-0.39, 0.29) is 99.0 Å². The normalized spacial score (nSPS) is 11.9. The summed E-state index contributed by atoms with van der Waals surface area (Å²) in [5.41, 5.74) is 9.45. The number of carbonyl (C=O) groups excluding carboxylic acids is 1. The maximum absolute atomic E-state index is 11.2. The van der Waals surface area contributed by atoms with E-state index in [0.717, 1.165) is 58.1 Å². The first-order valence-corrected chi connectivity index (χ1v) is 35.3. The number of aryl methyl sites for hydroxylation is 4. The number of fused-ring (bicyclic) bond motifs is 2. The van der Waals surface area contributed by atoms with E-state index in [4.69, 9.17) is 32.9 Å². The molecule has 1 saturated heterocycles. The summed E-state index contributed by atoms with van der Waals surface area (Å²) in [5.74, 6) is 2.30. The standard InChI is InChI=1S/C9H10N6OS.C8H14O2S2.C7H14N6O2.C7H7N3O.C7H5NOS.C7H8O2S.C6H6O2S2.C5H8N4O.2Na/c1-10-8(16)11-6-3-2-4-7(5-6)15-9(17)12-13-14-15;9-8(10)4-2-1-3-7-5-6-11-12-7;1-3-13(4-2)7-9-5(11-14)8-6(10-7)12-15;1-5-2-6-8-4-9-10(6)7(11)3-5;9-7-5-3-1-2-4-6(5)10-8-7;1-6-2-4-7(5-3-6)10(8)9;7-10(8,9)6-4-2-1-3-5-6;1-3-6-4(2)8-5(7-3)9-10;;/h2-5H,1H3,(H2,10,11,16)(H,12,14,17);7H,1-6H2,(H,9,10);14-15H,3-4H2,1-2H3,(H2,8,9,10,11,12);2-4H,1H3,(H,8,9);1-4H,(H,8,9);2-5H,1H3,(H,8,9);1-5H,(H,7,8,9);10H,1-2H3,(H,6,7,8,9);;/q;;;;;;;;2*+1/p-2. The molecule has 12 N–H and O–H groups in total. The monoisotopic (exact) mass is 1480 g/mol. The van der Waals surface area contributed by atoms with E-state index in [2.05, 4.69) is 82.2 Å². The second-order valence-corrected chi connectivity index (χ2v) is 26.6. The number of urea groups is 1. The number of hydrogen-bond donors (Lipinski definition) is 12. The van der Waals surface area contributed by atoms with Crippen molar-refractivity contribution in [1.82, 2.24) is 74.4 Å². The topological polar surface area (TPSA) is 460 Å². The molecule has 2 unspecified atom stereocenters. The van der Waals surface area contributed by atoms with Gasteiger partial charge in [0, 0.05) is 59.1 Å². The summed E-state index contributed by atoms with van der Waals surface area (Å²) >= 11 is 8.49. The van der Waals surface area contributed by atoms with Gasteiger partial charge in [0.15, 0.2) is 5.65 Å². The fourth-order valence-electron chi connectivity index (χ4n) is 7.47. The third-order valence-corrected chi connectivity index (χ3v) is 18.2. The van der Waals surface area contributed by atoms with Gasteiger partial charge in [-0.1, -0.05) is 104 Å². The van der Waals surface area contributed by atoms with Crippen LogP contribution in [0, 0.1) is 32.5 Å². The van der Waals surface area contributed by atoms with Gasteiger partial charge in [0.2, 0.25) is 16.7 Å². The number of tetrazole rings is 1. The summed E-state index contributed by atoms with van der Waals surface area (Å²) in [4.78, 5) is 72.7. The van der Waals surface area contributed by atoms with Gasteiger partial charge in [-0.15, -0.1) is 0 Å². The van der Waals surface area contributed by atoms with Crippen LogP contribution in [-0.4, -0.2) is 150 Å². The van der Waals surface area contributed by atoms with Crippen LogP contribution in [0.5, 0.6) is 0 Å². The summed E-state index contributed by atoms with van der Waals surface area (Å²) < 4.78 is 48.9. The largest absolute Gasteiger partial charge is 1.00 e. The Bertz CT molecular complexity index is 4260. The number of H-pyrrole nitrogens is 3. The Labute approximate surface area is 626 Å². The van der Waals surface area contributed by atoms with Crippen molar-refractivity contribution < 1.29 is 107 Å². The molecule has 1 fully saturated rings. The number of aromatic nitrogens is 14. The molecule has 1 aliphatic heterocycles. The zero-order chi connectivity index (χ0) is 69.9. The zero-order valence-electron chi connectivity index (χ0n) is 54.1. The number of aliphatic carboxylic acids is 1. The summed E-state index contributed by atoms with van der Waals surface area (Å²) in [7, 11) is 2.05. The van der Waals surface area contributed by atoms with Crippen molar-refractivity contribution in [2.45, 2.75) is 88.7 Å². The first kappa shape index (κ1) is 86.3. The van der Waals surface area contributed by atoms with Gasteiger partial charge in [0.1, 0.15) is 18.0 Å². The molecule has 1 aliphatic rings. The van der Waals surface area contributed by atoms with Gasteiger partial charge in [0.25, 0.3) is 23.0 Å². The molecule has 11 rings (SSSR count). The molecule has 7 heterocycles. The van der Waals surface area contributed by atoms with Gasteiger partial charge in [-0.3, -0.25) is 43.7 Å². The number of nitrogens with zero attached hydrogens (tertiary/aromatic N) is 12. The molecule has 4 aromatic carbocycles. The molecule has 0 spiro atoms. The van der Waals surface area contributed by atoms with Crippen LogP contribution in [0.4, 0.5) is 34.3 Å². The summed E-state index contributed by atoms with van der Waals surface area (Å²) in [6, 6.07) is 32.5. The molecule has 0 bridgehead atoms. The molecule has 0 radical (unpaired) electrons. The van der Waals surface area contributed by atoms with E-state index in [1.165, 1.54) is 57.8 Å². The smallest absolute Gasteiger partial charge is 0.768 e. The van der Waals surface area contributed by atoms with Gasteiger partial charge in [0.05, 0.1) is 24.6 Å². The van der Waals surface area contributed by atoms with Crippen LogP contribution in [0.15, 0.2) is 141 Å². The SMILES string of the molecule is CCN(CC)c1nc(NO)nc(NO)n1.CNC(=O)Nc1cccc(-n2[nH]nnc2=S)c1.Cc1cc(=O)n2[nH]cnc2c1.Cc1ccc(S(=O)[O-])cc1.Cc1nc(C)nc(NO)n1.O=C(O)CCCCC1CCSS1.O=S(=O)([S-])c1ccccc1.O=c1[nH]sc2ccccc12.[Na+].[Na+]. The Morgan fingerprint density at radius 1 is 0.804 bits per heavy atom. The molecule has 510 valence electrons. The summed E-state index contributed by atoms with van der Waals surface area (Å²) in [6.07, 6.45) is 6.26. The Kier molecular flexibility index (Phi) is 41.4. The third kappa shape index (κ3) is 32.2. The second kappa shape index (κ2) is 46.5. The Balaban J connectivity index is 0.000000379. The first-order valence-electron chi connectivity index (χ1n) is 28.2. The Morgan fingerprint density at radius 2 is 1.42 bits per heavy atom. The number of aromatic amines is 3. The minimum Gasteiger partial charge on any atom is -0.768 e. The summed E-state index contributed by atoms with van der Waals surface area (Å²) in [6.45, 7) is 12.6. The third-order valence-electron chi connectivity index (χ3n) is 12.0. The molecule has 0 aliphatic carbocycles. The van der Waals surface area contributed by atoms with Gasteiger partial charge in [-0.2, -0.15) is 30.1 Å². The number of carbonyl (C=O) groups is 2. The van der Waals surface area contributed by atoms with Crippen LogP contribution in [-0.2, 0) is 36.4 Å². The van der Waals surface area contributed by atoms with Gasteiger partial charge in [-0.05, 0) is 150 Å². The second-order valence-electron chi connectivity index (χ2n) is 19.0. The molecule has 32 nitrogen and oxygen atoms in total. The fraction of sp³-hybridized carbons (Fsp3) is 0.286. The minimum atomic E-state index is -3.42. The number of rotatable bonds is 15. The van der Waals surface area contributed by atoms with Crippen LogP contribution in [0.2, 0.25) is 0 Å². The molecule has 2 atom stereocenters. The van der Waals surface area contributed by atoms with Crippen molar-refractivity contribution in [2.75, 3.05) is 52.5 Å². The van der Waals surface area contributed by atoms with Crippen molar-refractivity contribution in [1.29, 1.82) is 0 Å². The molecule has 41 heteroatoms. The molecule has 10 aromatic rings. The van der Waals surface area contributed by atoms with E-state index in [1.807, 2.05) is 96.1 Å². The number of carboxylic acid groups (broad SMARTS) is 1. The molecule has 0 saturated carbocycles. The molecular formula is C56H70N20Na2O12S7. The van der Waals surface area contributed by atoms with Gasteiger partial charge in [-0.25, -0.2) is 48.8 Å². The first-order chi connectivity index (χ1) is 45.4. The predicted octanol–water partition coefficient (Wildman–Crippen LogP) is 2.55. The van der Waals surface area contributed by atoms with Crippen LogP contribution in [0.1, 0.15) is 68.7 Å². The van der Waals surface area contributed by atoms with Crippen molar-refractivity contribution >= 4 is 134 Å². The molecule has 97 heavy (non-hydrogen) atoms. The number of hydrogen-bond acceptors (Lipinski definition) is 29. The van der Waals surface area contributed by atoms with E-state index < -0.39 is 25.9 Å². The van der Waals surface area contributed by atoms with E-state index in [1.54, 1.807) is 98.6 Å². The van der Waals surface area contributed by atoms with Crippen LogP contribution < -0.4 is 102 Å². The quantitative estimate of drug-likeness (QED) is 0.0133.